The molecule has 4 nitrogen and oxygen atoms in total. The molecule has 0 aromatic heterocycles. The van der Waals surface area contributed by atoms with Crippen molar-refractivity contribution in [2.45, 2.75) is 6.61 Å². The van der Waals surface area contributed by atoms with Gasteiger partial charge in [-0.05, 0) is 29.8 Å². The fourth-order valence-corrected chi connectivity index (χ4v) is 2.05. The molecule has 0 saturated carbocycles. The van der Waals surface area contributed by atoms with E-state index in [1.807, 2.05) is 30.3 Å². The summed E-state index contributed by atoms with van der Waals surface area (Å²) in [5.41, 5.74) is 1.38. The molecule has 23 heavy (non-hydrogen) atoms. The number of carbonyl (C=O) groups is 2. The van der Waals surface area contributed by atoms with Crippen LogP contribution in [0.1, 0.15) is 15.9 Å². The van der Waals surface area contributed by atoms with Gasteiger partial charge in [-0.1, -0.05) is 41.9 Å². The van der Waals surface area contributed by atoms with Gasteiger partial charge < -0.3 is 9.47 Å². The molecule has 0 spiro atoms. The summed E-state index contributed by atoms with van der Waals surface area (Å²) < 4.78 is 10.1. The zero-order valence-corrected chi connectivity index (χ0v) is 13.2. The molecule has 0 N–H and O–H groups in total. The van der Waals surface area contributed by atoms with Crippen LogP contribution in [-0.4, -0.2) is 18.9 Å². The largest absolute Gasteiger partial charge is 0.487 e. The molecular weight excluding hydrogens is 316 g/mol. The molecule has 2 aromatic rings. The van der Waals surface area contributed by atoms with Crippen molar-refractivity contribution in [1.82, 2.24) is 0 Å². The van der Waals surface area contributed by atoms with Gasteiger partial charge in [-0.2, -0.15) is 0 Å². The van der Waals surface area contributed by atoms with Crippen molar-refractivity contribution in [3.05, 3.63) is 76.8 Å². The Kier molecular flexibility index (Phi) is 5.94. The van der Waals surface area contributed by atoms with Crippen LogP contribution in [0.25, 0.3) is 0 Å². The van der Waals surface area contributed by atoms with Crippen LogP contribution in [0, 0.1) is 0 Å². The highest BCUT2D eigenvalue weighted by molar-refractivity contribution is 6.32. The van der Waals surface area contributed by atoms with Crippen LogP contribution in [0.3, 0.4) is 0 Å². The number of allylic oxidation sites excluding steroid dienone is 1. The first kappa shape index (κ1) is 16.8. The molecule has 0 atom stereocenters. The standard InChI is InChI=1S/C18H15ClO4/c1-22-18(21)10-8-16(20)14-7-9-17(15(19)11-14)23-12-13-5-3-2-4-6-13/h2-11H,12H2,1H3/b10-8+. The lowest BCUT2D eigenvalue weighted by molar-refractivity contribution is -0.134. The van der Waals surface area contributed by atoms with Crippen molar-refractivity contribution in [3.8, 4) is 5.75 Å². The van der Waals surface area contributed by atoms with E-state index in [1.54, 1.807) is 12.1 Å². The zero-order valence-electron chi connectivity index (χ0n) is 12.5. The van der Waals surface area contributed by atoms with Gasteiger partial charge in [0.2, 0.25) is 0 Å². The zero-order chi connectivity index (χ0) is 16.7. The molecule has 0 heterocycles. The van der Waals surface area contributed by atoms with E-state index in [0.717, 1.165) is 17.7 Å². The van der Waals surface area contributed by atoms with Crippen molar-refractivity contribution >= 4 is 23.4 Å². The molecule has 2 aromatic carbocycles. The molecule has 0 radical (unpaired) electrons. The number of carbonyl (C=O) groups excluding carboxylic acids is 2. The molecule has 5 heteroatoms. The van der Waals surface area contributed by atoms with E-state index in [9.17, 15) is 9.59 Å². The van der Waals surface area contributed by atoms with Crippen LogP contribution in [0.15, 0.2) is 60.7 Å². The van der Waals surface area contributed by atoms with Gasteiger partial charge >= 0.3 is 5.97 Å². The van der Waals surface area contributed by atoms with Gasteiger partial charge in [-0.3, -0.25) is 4.79 Å². The molecule has 0 unspecified atom stereocenters. The maximum Gasteiger partial charge on any atom is 0.330 e. The molecule has 0 fully saturated rings. The number of methoxy groups -OCH3 is 1. The second kappa shape index (κ2) is 8.15. The minimum Gasteiger partial charge on any atom is -0.487 e. The summed E-state index contributed by atoms with van der Waals surface area (Å²) in [6.45, 7) is 0.385. The third kappa shape index (κ3) is 4.97. The highest BCUT2D eigenvalue weighted by atomic mass is 35.5. The molecule has 0 aliphatic rings. The van der Waals surface area contributed by atoms with E-state index < -0.39 is 5.97 Å². The lowest BCUT2D eigenvalue weighted by Crippen LogP contribution is -2.00. The summed E-state index contributed by atoms with van der Waals surface area (Å²) in [5, 5.41) is 0.332. The summed E-state index contributed by atoms with van der Waals surface area (Å²) in [7, 11) is 1.24. The molecule has 0 bridgehead atoms. The lowest BCUT2D eigenvalue weighted by atomic mass is 10.1. The van der Waals surface area contributed by atoms with Gasteiger partial charge in [0.05, 0.1) is 12.1 Å². The van der Waals surface area contributed by atoms with Gasteiger partial charge in [0.15, 0.2) is 5.78 Å². The number of ketones is 1. The summed E-state index contributed by atoms with van der Waals surface area (Å²) in [6, 6.07) is 14.4. The smallest absolute Gasteiger partial charge is 0.330 e. The first-order valence-corrected chi connectivity index (χ1v) is 7.24. The van der Waals surface area contributed by atoms with E-state index in [0.29, 0.717) is 22.9 Å². The Hall–Kier alpha value is -2.59. The van der Waals surface area contributed by atoms with Gasteiger partial charge in [0.1, 0.15) is 12.4 Å². The van der Waals surface area contributed by atoms with Gasteiger partial charge in [-0.25, -0.2) is 4.79 Å². The Morgan fingerprint density at radius 3 is 2.48 bits per heavy atom. The molecule has 118 valence electrons. The predicted octanol–water partition coefficient (Wildman–Crippen LogP) is 3.83. The maximum absolute atomic E-state index is 11.9. The normalized spacial score (nSPS) is 10.5. The van der Waals surface area contributed by atoms with Crippen LogP contribution in [0.5, 0.6) is 5.75 Å². The summed E-state index contributed by atoms with van der Waals surface area (Å²) in [6.07, 6.45) is 2.21. The number of hydrogen-bond acceptors (Lipinski definition) is 4. The van der Waals surface area contributed by atoms with E-state index in [-0.39, 0.29) is 5.78 Å². The summed E-state index contributed by atoms with van der Waals surface area (Å²) >= 11 is 6.14. The second-order valence-electron chi connectivity index (χ2n) is 4.64. The quantitative estimate of drug-likeness (QED) is 0.459. The number of esters is 1. The fourth-order valence-electron chi connectivity index (χ4n) is 1.81. The molecular formula is C18H15ClO4. The summed E-state index contributed by atoms with van der Waals surface area (Å²) in [5.74, 6) is -0.441. The van der Waals surface area contributed by atoms with Gasteiger partial charge in [0, 0.05) is 11.6 Å². The number of hydrogen-bond donors (Lipinski definition) is 0. The van der Waals surface area contributed by atoms with Crippen LogP contribution in [0.2, 0.25) is 5.02 Å². The minimum absolute atomic E-state index is 0.332. The molecule has 0 aliphatic heterocycles. The van der Waals surface area contributed by atoms with Crippen molar-refractivity contribution in [2.24, 2.45) is 0 Å². The predicted molar refractivity (Wildman–Crippen MR) is 87.7 cm³/mol. The van der Waals surface area contributed by atoms with E-state index in [1.165, 1.54) is 13.2 Å². The SMILES string of the molecule is COC(=O)/C=C/C(=O)c1ccc(OCc2ccccc2)c(Cl)c1. The Morgan fingerprint density at radius 2 is 1.83 bits per heavy atom. The lowest BCUT2D eigenvalue weighted by Gasteiger charge is -2.09. The first-order valence-electron chi connectivity index (χ1n) is 6.87. The van der Waals surface area contributed by atoms with E-state index in [4.69, 9.17) is 16.3 Å². The number of ether oxygens (including phenoxy) is 2. The Labute approximate surface area is 139 Å². The molecule has 0 amide bonds. The average molecular weight is 331 g/mol. The number of halogens is 1. The Bertz CT molecular complexity index is 723. The van der Waals surface area contributed by atoms with Gasteiger partial charge in [-0.15, -0.1) is 0 Å². The third-order valence-electron chi connectivity index (χ3n) is 3.03. The van der Waals surface area contributed by atoms with Crippen LogP contribution < -0.4 is 4.74 Å². The van der Waals surface area contributed by atoms with Crippen LogP contribution in [-0.2, 0) is 16.1 Å². The Morgan fingerprint density at radius 1 is 1.09 bits per heavy atom. The van der Waals surface area contributed by atoms with Crippen molar-refractivity contribution in [2.75, 3.05) is 7.11 Å². The summed E-state index contributed by atoms with van der Waals surface area (Å²) in [4.78, 5) is 22.9. The Balaban J connectivity index is 2.04. The highest BCUT2D eigenvalue weighted by Gasteiger charge is 2.08. The van der Waals surface area contributed by atoms with E-state index in [2.05, 4.69) is 4.74 Å². The average Bonchev–Trinajstić information content (AvgIpc) is 2.59. The first-order chi connectivity index (χ1) is 11.1. The van der Waals surface area contributed by atoms with Crippen LogP contribution in [0.4, 0.5) is 0 Å². The van der Waals surface area contributed by atoms with E-state index >= 15 is 0 Å². The van der Waals surface area contributed by atoms with Crippen molar-refractivity contribution in [3.63, 3.8) is 0 Å². The number of rotatable bonds is 6. The molecule has 2 rings (SSSR count). The number of benzene rings is 2. The molecule has 0 saturated heterocycles. The molecule has 0 aliphatic carbocycles. The topological polar surface area (TPSA) is 52.6 Å². The minimum atomic E-state index is -0.590. The second-order valence-corrected chi connectivity index (χ2v) is 5.05. The van der Waals surface area contributed by atoms with Gasteiger partial charge in [0.25, 0.3) is 0 Å². The van der Waals surface area contributed by atoms with Crippen LogP contribution >= 0.6 is 11.6 Å². The monoisotopic (exact) mass is 330 g/mol. The van der Waals surface area contributed by atoms with Crippen molar-refractivity contribution in [1.29, 1.82) is 0 Å². The maximum atomic E-state index is 11.9. The third-order valence-corrected chi connectivity index (χ3v) is 3.32. The highest BCUT2D eigenvalue weighted by Crippen LogP contribution is 2.26. The van der Waals surface area contributed by atoms with Crippen molar-refractivity contribution < 1.29 is 19.1 Å². The fraction of sp³-hybridized carbons (Fsp3) is 0.111.